The second kappa shape index (κ2) is 6.93. The maximum Gasteiger partial charge on any atom is 0.254 e. The summed E-state index contributed by atoms with van der Waals surface area (Å²) in [5, 5.41) is 13.9. The normalized spacial score (nSPS) is 10.7. The number of carbonyl (C=O) groups is 1. The van der Waals surface area contributed by atoms with Crippen LogP contribution in [0.3, 0.4) is 0 Å². The van der Waals surface area contributed by atoms with Crippen LogP contribution in [0, 0.1) is 17.5 Å². The molecule has 1 aromatic carbocycles. The van der Waals surface area contributed by atoms with Gasteiger partial charge < -0.3 is 10.1 Å². The van der Waals surface area contributed by atoms with Gasteiger partial charge >= 0.3 is 0 Å². The van der Waals surface area contributed by atoms with Crippen LogP contribution < -0.4 is 10.1 Å². The van der Waals surface area contributed by atoms with Crippen molar-refractivity contribution in [2.75, 3.05) is 7.11 Å². The lowest BCUT2D eigenvalue weighted by atomic mass is 10.1. The molecule has 1 amide bonds. The Morgan fingerprint density at radius 2 is 2.16 bits per heavy atom. The monoisotopic (exact) mass is 368 g/mol. The number of hydrogen-bond donors (Lipinski definition) is 1. The quantitative estimate of drug-likeness (QED) is 0.703. The average molecular weight is 368 g/mol. The highest BCUT2D eigenvalue weighted by Crippen LogP contribution is 2.26. The SMILES string of the molecule is COc1c(F)c(F)cc(C(=O)NCc2cn(-c3ccsc3)nn2)c1F. The Balaban J connectivity index is 1.74. The van der Waals surface area contributed by atoms with Gasteiger partial charge in [-0.2, -0.15) is 15.7 Å². The summed E-state index contributed by atoms with van der Waals surface area (Å²) < 4.78 is 46.9. The van der Waals surface area contributed by atoms with Gasteiger partial charge in [-0.3, -0.25) is 4.79 Å². The van der Waals surface area contributed by atoms with Gasteiger partial charge in [-0.1, -0.05) is 5.21 Å². The predicted octanol–water partition coefficient (Wildman–Crippen LogP) is 2.68. The molecule has 0 atom stereocenters. The number of rotatable bonds is 5. The van der Waals surface area contributed by atoms with E-state index in [1.807, 2.05) is 16.8 Å². The Morgan fingerprint density at radius 3 is 2.84 bits per heavy atom. The highest BCUT2D eigenvalue weighted by atomic mass is 32.1. The third-order valence-corrected chi connectivity index (χ3v) is 3.98. The third-order valence-electron chi connectivity index (χ3n) is 3.31. The maximum absolute atomic E-state index is 14.1. The number of amides is 1. The van der Waals surface area contributed by atoms with Crippen LogP contribution in [-0.2, 0) is 6.54 Å². The van der Waals surface area contributed by atoms with Gasteiger partial charge in [0.15, 0.2) is 17.4 Å². The minimum atomic E-state index is -1.49. The molecule has 25 heavy (non-hydrogen) atoms. The molecule has 2 heterocycles. The number of ether oxygens (including phenoxy) is 1. The Hall–Kier alpha value is -2.88. The number of halogens is 3. The van der Waals surface area contributed by atoms with Crippen molar-refractivity contribution in [1.29, 1.82) is 0 Å². The fourth-order valence-electron chi connectivity index (χ4n) is 2.08. The topological polar surface area (TPSA) is 69.0 Å². The molecule has 10 heteroatoms. The number of aromatic nitrogens is 3. The second-order valence-corrected chi connectivity index (χ2v) is 5.67. The number of hydrogen-bond acceptors (Lipinski definition) is 5. The zero-order valence-corrected chi connectivity index (χ0v) is 13.6. The first kappa shape index (κ1) is 17.0. The Labute approximate surface area is 143 Å². The summed E-state index contributed by atoms with van der Waals surface area (Å²) in [5.74, 6) is -6.03. The summed E-state index contributed by atoms with van der Waals surface area (Å²) >= 11 is 1.49. The van der Waals surface area contributed by atoms with Crippen molar-refractivity contribution in [3.05, 3.63) is 57.8 Å². The molecule has 0 saturated carbocycles. The number of benzene rings is 1. The number of carbonyl (C=O) groups excluding carboxylic acids is 1. The molecule has 0 unspecified atom stereocenters. The molecular weight excluding hydrogens is 357 g/mol. The zero-order valence-electron chi connectivity index (χ0n) is 12.8. The molecule has 0 bridgehead atoms. The summed E-state index contributed by atoms with van der Waals surface area (Å²) in [4.78, 5) is 12.1. The minimum Gasteiger partial charge on any atom is -0.491 e. The van der Waals surface area contributed by atoms with Crippen LogP contribution in [0.25, 0.3) is 5.69 Å². The van der Waals surface area contributed by atoms with Crippen molar-refractivity contribution in [3.63, 3.8) is 0 Å². The molecule has 0 saturated heterocycles. The predicted molar refractivity (Wildman–Crippen MR) is 83.3 cm³/mol. The third kappa shape index (κ3) is 3.33. The Kier molecular flexibility index (Phi) is 4.70. The fraction of sp³-hybridized carbons (Fsp3) is 0.133. The van der Waals surface area contributed by atoms with Gasteiger partial charge in [0.05, 0.1) is 31.1 Å². The lowest BCUT2D eigenvalue weighted by Gasteiger charge is -2.09. The van der Waals surface area contributed by atoms with Crippen LogP contribution in [0.4, 0.5) is 13.2 Å². The smallest absolute Gasteiger partial charge is 0.254 e. The largest absolute Gasteiger partial charge is 0.491 e. The lowest BCUT2D eigenvalue weighted by Crippen LogP contribution is -2.24. The van der Waals surface area contributed by atoms with Crippen molar-refractivity contribution in [2.45, 2.75) is 6.54 Å². The van der Waals surface area contributed by atoms with Crippen molar-refractivity contribution in [1.82, 2.24) is 20.3 Å². The summed E-state index contributed by atoms with van der Waals surface area (Å²) in [6, 6.07) is 2.31. The molecule has 0 radical (unpaired) electrons. The first-order valence-corrected chi connectivity index (χ1v) is 7.89. The van der Waals surface area contributed by atoms with Gasteiger partial charge in [-0.05, 0) is 17.5 Å². The molecule has 2 aromatic heterocycles. The van der Waals surface area contributed by atoms with E-state index in [9.17, 15) is 18.0 Å². The standard InChI is InChI=1S/C15H11F3N4O2S/c1-24-14-12(17)10(4-11(16)13(14)18)15(23)19-5-8-6-22(21-20-8)9-2-3-25-7-9/h2-4,6-7H,5H2,1H3,(H,19,23). The zero-order chi connectivity index (χ0) is 18.0. The molecule has 1 N–H and O–H groups in total. The van der Waals surface area contributed by atoms with Crippen molar-refractivity contribution >= 4 is 17.2 Å². The lowest BCUT2D eigenvalue weighted by molar-refractivity contribution is 0.0944. The van der Waals surface area contributed by atoms with Gasteiger partial charge in [0.1, 0.15) is 5.69 Å². The van der Waals surface area contributed by atoms with E-state index in [-0.39, 0.29) is 6.54 Å². The van der Waals surface area contributed by atoms with E-state index >= 15 is 0 Å². The summed E-state index contributed by atoms with van der Waals surface area (Å²) in [5.41, 5.74) is 0.557. The number of methoxy groups -OCH3 is 1. The molecule has 0 aliphatic rings. The van der Waals surface area contributed by atoms with Crippen LogP contribution in [0.5, 0.6) is 5.75 Å². The minimum absolute atomic E-state index is 0.0658. The van der Waals surface area contributed by atoms with E-state index in [1.165, 1.54) is 16.0 Å². The molecular formula is C15H11F3N4O2S. The molecule has 0 fully saturated rings. The average Bonchev–Trinajstić information content (AvgIpc) is 3.27. The van der Waals surface area contributed by atoms with E-state index in [0.29, 0.717) is 11.8 Å². The molecule has 3 rings (SSSR count). The molecule has 0 spiro atoms. The number of nitrogens with zero attached hydrogens (tertiary/aromatic N) is 3. The van der Waals surface area contributed by atoms with Crippen molar-refractivity contribution in [3.8, 4) is 11.4 Å². The summed E-state index contributed by atoms with van der Waals surface area (Å²) in [7, 11) is 0.978. The molecule has 130 valence electrons. The second-order valence-electron chi connectivity index (χ2n) is 4.89. The highest BCUT2D eigenvalue weighted by molar-refractivity contribution is 7.08. The van der Waals surface area contributed by atoms with Gasteiger partial charge in [-0.25, -0.2) is 13.5 Å². The number of nitrogens with one attached hydrogen (secondary N) is 1. The van der Waals surface area contributed by atoms with E-state index in [0.717, 1.165) is 12.8 Å². The highest BCUT2D eigenvalue weighted by Gasteiger charge is 2.23. The van der Waals surface area contributed by atoms with E-state index in [4.69, 9.17) is 0 Å². The summed E-state index contributed by atoms with van der Waals surface area (Å²) in [6.45, 7) is -0.0658. The molecule has 3 aromatic rings. The first-order valence-electron chi connectivity index (χ1n) is 6.94. The van der Waals surface area contributed by atoms with Gasteiger partial charge in [0, 0.05) is 5.38 Å². The van der Waals surface area contributed by atoms with Crippen LogP contribution in [0.1, 0.15) is 16.1 Å². The maximum atomic E-state index is 14.1. The van der Waals surface area contributed by atoms with Crippen molar-refractivity contribution < 1.29 is 22.7 Å². The van der Waals surface area contributed by atoms with Crippen LogP contribution >= 0.6 is 11.3 Å². The molecule has 0 aliphatic carbocycles. The van der Waals surface area contributed by atoms with Crippen LogP contribution in [0.2, 0.25) is 0 Å². The van der Waals surface area contributed by atoms with Crippen LogP contribution in [-0.4, -0.2) is 28.0 Å². The van der Waals surface area contributed by atoms with Gasteiger partial charge in [-0.15, -0.1) is 5.10 Å². The Morgan fingerprint density at radius 1 is 1.36 bits per heavy atom. The Bertz CT molecular complexity index is 912. The van der Waals surface area contributed by atoms with E-state index in [1.54, 1.807) is 6.20 Å². The fourth-order valence-corrected chi connectivity index (χ4v) is 2.71. The van der Waals surface area contributed by atoms with E-state index < -0.39 is 34.7 Å². The van der Waals surface area contributed by atoms with Gasteiger partial charge in [0.2, 0.25) is 5.82 Å². The molecule has 0 aliphatic heterocycles. The molecule has 6 nitrogen and oxygen atoms in total. The summed E-state index contributed by atoms with van der Waals surface area (Å²) in [6.07, 6.45) is 1.59. The van der Waals surface area contributed by atoms with Crippen LogP contribution in [0.15, 0.2) is 29.1 Å². The first-order chi connectivity index (χ1) is 12.0. The van der Waals surface area contributed by atoms with Gasteiger partial charge in [0.25, 0.3) is 5.91 Å². The number of thiophene rings is 1. The van der Waals surface area contributed by atoms with E-state index in [2.05, 4.69) is 20.4 Å². The van der Waals surface area contributed by atoms with Crippen molar-refractivity contribution in [2.24, 2.45) is 0 Å².